The van der Waals surface area contributed by atoms with E-state index in [9.17, 15) is 9.59 Å². The van der Waals surface area contributed by atoms with E-state index >= 15 is 0 Å². The molecular weight excluding hydrogens is 236 g/mol. The summed E-state index contributed by atoms with van der Waals surface area (Å²) in [5.41, 5.74) is 0. The predicted molar refractivity (Wildman–Crippen MR) is 81.3 cm³/mol. The summed E-state index contributed by atoms with van der Waals surface area (Å²) in [4.78, 5) is 22.8. The number of carbonyl (C=O) groups excluding carboxylic acids is 2. The Labute approximate surface area is 119 Å². The molecule has 0 aliphatic rings. The van der Waals surface area contributed by atoms with Gasteiger partial charge in [0.15, 0.2) is 0 Å². The molecule has 0 amide bonds. The summed E-state index contributed by atoms with van der Waals surface area (Å²) in [6.45, 7) is 5.79. The second kappa shape index (κ2) is 12.4. The first-order chi connectivity index (χ1) is 9.11. The zero-order valence-corrected chi connectivity index (χ0v) is 13.2. The zero-order valence-electron chi connectivity index (χ0n) is 13.2. The third-order valence-corrected chi connectivity index (χ3v) is 3.78. The molecule has 0 bridgehead atoms. The first kappa shape index (κ1) is 18.3. The highest BCUT2D eigenvalue weighted by atomic mass is 16.1. The van der Waals surface area contributed by atoms with E-state index in [0.717, 1.165) is 19.3 Å². The van der Waals surface area contributed by atoms with Gasteiger partial charge in [-0.15, -0.1) is 0 Å². The van der Waals surface area contributed by atoms with Crippen molar-refractivity contribution in [2.75, 3.05) is 0 Å². The summed E-state index contributed by atoms with van der Waals surface area (Å²) >= 11 is 0. The van der Waals surface area contributed by atoms with Crippen molar-refractivity contribution in [2.24, 2.45) is 5.92 Å². The topological polar surface area (TPSA) is 34.1 Å². The van der Waals surface area contributed by atoms with E-state index in [1.807, 2.05) is 6.92 Å². The fraction of sp³-hybridized carbons (Fsp3) is 0.882. The molecule has 0 aliphatic carbocycles. The van der Waals surface area contributed by atoms with Gasteiger partial charge in [-0.25, -0.2) is 0 Å². The average Bonchev–Trinajstić information content (AvgIpc) is 2.36. The van der Waals surface area contributed by atoms with Crippen LogP contribution in [-0.4, -0.2) is 11.6 Å². The molecule has 112 valence electrons. The van der Waals surface area contributed by atoms with Crippen LogP contribution in [0.3, 0.4) is 0 Å². The van der Waals surface area contributed by atoms with Crippen molar-refractivity contribution in [1.29, 1.82) is 0 Å². The van der Waals surface area contributed by atoms with Crippen LogP contribution in [0.4, 0.5) is 0 Å². The number of ketones is 2. The molecule has 0 aromatic carbocycles. The summed E-state index contributed by atoms with van der Waals surface area (Å²) in [6.07, 6.45) is 12.4. The number of unbranched alkanes of at least 4 members (excludes halogenated alkanes) is 7. The van der Waals surface area contributed by atoms with Gasteiger partial charge in [0.05, 0.1) is 6.42 Å². The minimum Gasteiger partial charge on any atom is -0.300 e. The molecule has 0 aromatic rings. The smallest absolute Gasteiger partial charge is 0.143 e. The third-order valence-electron chi connectivity index (χ3n) is 3.78. The van der Waals surface area contributed by atoms with Crippen LogP contribution in [0.25, 0.3) is 0 Å². The van der Waals surface area contributed by atoms with Gasteiger partial charge in [-0.1, -0.05) is 65.2 Å². The standard InChI is InChI=1S/C17H32O2/c1-4-6-7-8-9-10-11-12-13-16(5-2)17(19)14-15(3)18/h16H,4-14H2,1-3H3. The molecular formula is C17H32O2. The fourth-order valence-electron chi connectivity index (χ4n) is 2.51. The lowest BCUT2D eigenvalue weighted by Crippen LogP contribution is -2.16. The van der Waals surface area contributed by atoms with E-state index in [1.54, 1.807) is 0 Å². The zero-order chi connectivity index (χ0) is 14.5. The summed E-state index contributed by atoms with van der Waals surface area (Å²) in [7, 11) is 0. The molecule has 0 N–H and O–H groups in total. The van der Waals surface area contributed by atoms with Crippen molar-refractivity contribution in [2.45, 2.75) is 91.4 Å². The van der Waals surface area contributed by atoms with E-state index in [1.165, 1.54) is 51.9 Å². The Kier molecular flexibility index (Phi) is 11.9. The second-order valence-electron chi connectivity index (χ2n) is 5.71. The van der Waals surface area contributed by atoms with Crippen LogP contribution >= 0.6 is 0 Å². The molecule has 1 unspecified atom stereocenters. The Hall–Kier alpha value is -0.660. The van der Waals surface area contributed by atoms with Gasteiger partial charge in [-0.05, 0) is 19.8 Å². The largest absolute Gasteiger partial charge is 0.300 e. The Morgan fingerprint density at radius 1 is 0.842 bits per heavy atom. The first-order valence-corrected chi connectivity index (χ1v) is 8.13. The van der Waals surface area contributed by atoms with Crippen LogP contribution in [0.1, 0.15) is 91.4 Å². The molecule has 19 heavy (non-hydrogen) atoms. The van der Waals surface area contributed by atoms with Crippen LogP contribution in [0, 0.1) is 5.92 Å². The maximum absolute atomic E-state index is 11.8. The normalized spacial score (nSPS) is 12.4. The van der Waals surface area contributed by atoms with E-state index < -0.39 is 0 Å². The summed E-state index contributed by atoms with van der Waals surface area (Å²) in [5, 5.41) is 0. The van der Waals surface area contributed by atoms with Crippen LogP contribution < -0.4 is 0 Å². The van der Waals surface area contributed by atoms with E-state index in [0.29, 0.717) is 0 Å². The highest BCUT2D eigenvalue weighted by Crippen LogP contribution is 2.17. The predicted octanol–water partition coefficient (Wildman–Crippen LogP) is 5.09. The van der Waals surface area contributed by atoms with Gasteiger partial charge in [0, 0.05) is 5.92 Å². The molecule has 0 saturated heterocycles. The first-order valence-electron chi connectivity index (χ1n) is 8.13. The van der Waals surface area contributed by atoms with Gasteiger partial charge in [-0.3, -0.25) is 9.59 Å². The quantitative estimate of drug-likeness (QED) is 0.344. The van der Waals surface area contributed by atoms with E-state index in [-0.39, 0.29) is 23.9 Å². The highest BCUT2D eigenvalue weighted by molar-refractivity contribution is 5.98. The summed E-state index contributed by atoms with van der Waals surface area (Å²) < 4.78 is 0. The Morgan fingerprint density at radius 3 is 1.84 bits per heavy atom. The molecule has 0 fully saturated rings. The van der Waals surface area contributed by atoms with Crippen LogP contribution in [0.15, 0.2) is 0 Å². The molecule has 0 aromatic heterocycles. The lowest BCUT2D eigenvalue weighted by Gasteiger charge is -2.12. The average molecular weight is 268 g/mol. The van der Waals surface area contributed by atoms with Crippen molar-refractivity contribution >= 4 is 11.6 Å². The molecule has 0 aliphatic heterocycles. The maximum atomic E-state index is 11.8. The number of Topliss-reactive ketones (excluding diaryl/α,β-unsaturated/α-hetero) is 2. The third kappa shape index (κ3) is 10.9. The molecule has 2 nitrogen and oxygen atoms in total. The minimum absolute atomic E-state index is 0.000579. The monoisotopic (exact) mass is 268 g/mol. The molecule has 0 radical (unpaired) electrons. The van der Waals surface area contributed by atoms with Crippen molar-refractivity contribution in [3.8, 4) is 0 Å². The van der Waals surface area contributed by atoms with Gasteiger partial charge < -0.3 is 0 Å². The van der Waals surface area contributed by atoms with Crippen molar-refractivity contribution in [1.82, 2.24) is 0 Å². The Balaban J connectivity index is 3.56. The van der Waals surface area contributed by atoms with Gasteiger partial charge in [0.25, 0.3) is 0 Å². The number of hydrogen-bond acceptors (Lipinski definition) is 2. The van der Waals surface area contributed by atoms with Crippen molar-refractivity contribution < 1.29 is 9.59 Å². The lowest BCUT2D eigenvalue weighted by atomic mass is 9.91. The maximum Gasteiger partial charge on any atom is 0.143 e. The van der Waals surface area contributed by atoms with Gasteiger partial charge in [-0.2, -0.15) is 0 Å². The van der Waals surface area contributed by atoms with Crippen molar-refractivity contribution in [3.63, 3.8) is 0 Å². The minimum atomic E-state index is -0.000579. The summed E-state index contributed by atoms with van der Waals surface area (Å²) in [6, 6.07) is 0. The number of hydrogen-bond donors (Lipinski definition) is 0. The summed E-state index contributed by atoms with van der Waals surface area (Å²) in [5.74, 6) is 0.265. The van der Waals surface area contributed by atoms with Crippen molar-refractivity contribution in [3.05, 3.63) is 0 Å². The highest BCUT2D eigenvalue weighted by Gasteiger charge is 2.17. The van der Waals surface area contributed by atoms with Crippen LogP contribution in [-0.2, 0) is 9.59 Å². The molecule has 0 rings (SSSR count). The van der Waals surface area contributed by atoms with Gasteiger partial charge >= 0.3 is 0 Å². The molecule has 2 heteroatoms. The molecule has 0 heterocycles. The fourth-order valence-corrected chi connectivity index (χ4v) is 2.51. The number of rotatable bonds is 13. The Morgan fingerprint density at radius 2 is 1.37 bits per heavy atom. The van der Waals surface area contributed by atoms with E-state index in [2.05, 4.69) is 6.92 Å². The van der Waals surface area contributed by atoms with E-state index in [4.69, 9.17) is 0 Å². The molecule has 0 saturated carbocycles. The van der Waals surface area contributed by atoms with Gasteiger partial charge in [0.2, 0.25) is 0 Å². The molecule has 1 atom stereocenters. The van der Waals surface area contributed by atoms with Crippen LogP contribution in [0.2, 0.25) is 0 Å². The van der Waals surface area contributed by atoms with Crippen LogP contribution in [0.5, 0.6) is 0 Å². The Bertz CT molecular complexity index is 246. The SMILES string of the molecule is CCCCCCCCCCC(CC)C(=O)CC(C)=O. The number of carbonyl (C=O) groups is 2. The molecule has 0 spiro atoms. The van der Waals surface area contributed by atoms with Gasteiger partial charge in [0.1, 0.15) is 11.6 Å². The lowest BCUT2D eigenvalue weighted by molar-refractivity contribution is -0.128. The second-order valence-corrected chi connectivity index (χ2v) is 5.71.